The molecule has 0 unspecified atom stereocenters. The third-order valence-corrected chi connectivity index (χ3v) is 6.55. The summed E-state index contributed by atoms with van der Waals surface area (Å²) in [6.45, 7) is 2.51. The van der Waals surface area contributed by atoms with E-state index in [1.807, 2.05) is 6.07 Å². The second-order valence-electron chi connectivity index (χ2n) is 8.59. The average molecular weight is 436 g/mol. The highest BCUT2D eigenvalue weighted by Crippen LogP contribution is 2.40. The Kier molecular flexibility index (Phi) is 4.96. The fourth-order valence-electron chi connectivity index (χ4n) is 4.97. The minimum absolute atomic E-state index is 0.0398. The zero-order valence-electron chi connectivity index (χ0n) is 17.7. The van der Waals surface area contributed by atoms with E-state index in [-0.39, 0.29) is 29.5 Å². The van der Waals surface area contributed by atoms with Gasteiger partial charge in [0.05, 0.1) is 16.5 Å². The Labute approximate surface area is 184 Å². The summed E-state index contributed by atoms with van der Waals surface area (Å²) in [4.78, 5) is 38.3. The van der Waals surface area contributed by atoms with Crippen molar-refractivity contribution in [3.63, 3.8) is 0 Å². The molecule has 5 rings (SSSR count). The van der Waals surface area contributed by atoms with Crippen molar-refractivity contribution in [2.45, 2.75) is 44.8 Å². The van der Waals surface area contributed by atoms with E-state index in [2.05, 4.69) is 15.5 Å². The number of carbonyl (C=O) groups excluding carboxylic acids is 2. The van der Waals surface area contributed by atoms with E-state index < -0.39 is 11.0 Å². The number of amides is 2. The van der Waals surface area contributed by atoms with Crippen molar-refractivity contribution in [2.75, 3.05) is 22.1 Å². The third-order valence-electron chi connectivity index (χ3n) is 6.55. The van der Waals surface area contributed by atoms with Crippen LogP contribution in [0, 0.1) is 16.0 Å². The molecule has 3 heterocycles. The lowest BCUT2D eigenvalue weighted by Crippen LogP contribution is -2.52. The van der Waals surface area contributed by atoms with Gasteiger partial charge in [-0.1, -0.05) is 0 Å². The number of hydrogen-bond donors (Lipinski definition) is 2. The fourth-order valence-corrected chi connectivity index (χ4v) is 4.97. The Morgan fingerprint density at radius 1 is 1.25 bits per heavy atom. The summed E-state index contributed by atoms with van der Waals surface area (Å²) in [6.07, 6.45) is 2.87. The molecule has 2 aromatic rings. The van der Waals surface area contributed by atoms with E-state index in [1.54, 1.807) is 31.2 Å². The van der Waals surface area contributed by atoms with Gasteiger partial charge in [-0.3, -0.25) is 19.7 Å². The molecule has 32 heavy (non-hydrogen) atoms. The van der Waals surface area contributed by atoms with E-state index in [4.69, 9.17) is 4.74 Å². The van der Waals surface area contributed by atoms with Crippen LogP contribution in [0.25, 0.3) is 0 Å². The first kappa shape index (κ1) is 20.3. The van der Waals surface area contributed by atoms with Gasteiger partial charge in [0.25, 0.3) is 11.6 Å². The molecule has 0 saturated carbocycles. The molecular weight excluding hydrogens is 412 g/mol. The minimum atomic E-state index is -0.563. The van der Waals surface area contributed by atoms with E-state index in [0.717, 1.165) is 37.1 Å². The first-order valence-electron chi connectivity index (χ1n) is 10.9. The predicted octanol–water partition coefficient (Wildman–Crippen LogP) is 3.48. The third kappa shape index (κ3) is 3.53. The summed E-state index contributed by atoms with van der Waals surface area (Å²) in [5.74, 6) is -0.126. The molecule has 3 atom stereocenters. The van der Waals surface area contributed by atoms with Crippen LogP contribution in [0.4, 0.5) is 22.7 Å². The van der Waals surface area contributed by atoms with Gasteiger partial charge in [0.2, 0.25) is 5.91 Å². The van der Waals surface area contributed by atoms with Crippen molar-refractivity contribution >= 4 is 34.6 Å². The number of nitrogens with one attached hydrogen (secondary N) is 2. The molecule has 0 radical (unpaired) electrons. The first-order chi connectivity index (χ1) is 15.4. The molecule has 2 aromatic carbocycles. The van der Waals surface area contributed by atoms with Gasteiger partial charge in [0, 0.05) is 36.1 Å². The van der Waals surface area contributed by atoms with E-state index in [9.17, 15) is 19.7 Å². The number of nitro benzene ring substituents is 1. The van der Waals surface area contributed by atoms with Crippen molar-refractivity contribution in [3.05, 3.63) is 52.1 Å². The molecule has 0 spiro atoms. The smallest absolute Gasteiger partial charge is 0.269 e. The van der Waals surface area contributed by atoms with Crippen molar-refractivity contribution < 1.29 is 19.2 Å². The SMILES string of the molecule is C[C@@H]1Oc2ccc(NC(=O)[C@H]3Cc4cc([N+](=O)[O-])ccc4N4CCCC[C@H]34)cc2NC1=O. The Balaban J connectivity index is 1.41. The molecule has 2 N–H and O–H groups in total. The molecule has 0 aliphatic carbocycles. The normalized spacial score (nSPS) is 23.7. The summed E-state index contributed by atoms with van der Waals surface area (Å²) in [6, 6.07) is 10.2. The summed E-state index contributed by atoms with van der Waals surface area (Å²) in [5.41, 5.74) is 2.96. The number of nitrogens with zero attached hydrogens (tertiary/aromatic N) is 2. The van der Waals surface area contributed by atoms with Crippen LogP contribution in [0.3, 0.4) is 0 Å². The van der Waals surface area contributed by atoms with E-state index in [1.165, 1.54) is 6.07 Å². The van der Waals surface area contributed by atoms with Crippen molar-refractivity contribution in [3.8, 4) is 5.75 Å². The van der Waals surface area contributed by atoms with Crippen molar-refractivity contribution in [2.24, 2.45) is 5.92 Å². The number of non-ortho nitro benzene ring substituents is 1. The molecule has 2 amide bonds. The maximum absolute atomic E-state index is 13.3. The van der Waals surface area contributed by atoms with Gasteiger partial charge < -0.3 is 20.3 Å². The summed E-state index contributed by atoms with van der Waals surface area (Å²) in [7, 11) is 0. The van der Waals surface area contributed by atoms with Crippen LogP contribution in [0.1, 0.15) is 31.7 Å². The van der Waals surface area contributed by atoms with E-state index >= 15 is 0 Å². The molecule has 3 aliphatic rings. The maximum Gasteiger partial charge on any atom is 0.269 e. The summed E-state index contributed by atoms with van der Waals surface area (Å²) in [5, 5.41) is 17.0. The monoisotopic (exact) mass is 436 g/mol. The zero-order valence-corrected chi connectivity index (χ0v) is 17.7. The Hall–Kier alpha value is -3.62. The van der Waals surface area contributed by atoms with Crippen molar-refractivity contribution in [1.82, 2.24) is 0 Å². The van der Waals surface area contributed by atoms with Crippen LogP contribution in [0.5, 0.6) is 5.75 Å². The van der Waals surface area contributed by atoms with Crippen LogP contribution >= 0.6 is 0 Å². The second-order valence-corrected chi connectivity index (χ2v) is 8.59. The van der Waals surface area contributed by atoms with Gasteiger partial charge in [0.15, 0.2) is 6.10 Å². The largest absolute Gasteiger partial charge is 0.479 e. The molecule has 1 fully saturated rings. The lowest BCUT2D eigenvalue weighted by Gasteiger charge is -2.45. The molecule has 3 aliphatic heterocycles. The molecule has 0 bridgehead atoms. The zero-order chi connectivity index (χ0) is 22.4. The van der Waals surface area contributed by atoms with Crippen molar-refractivity contribution in [1.29, 1.82) is 0 Å². The number of ether oxygens (including phenoxy) is 1. The Morgan fingerprint density at radius 3 is 2.91 bits per heavy atom. The predicted molar refractivity (Wildman–Crippen MR) is 119 cm³/mol. The highest BCUT2D eigenvalue weighted by molar-refractivity contribution is 5.99. The van der Waals surface area contributed by atoms with Gasteiger partial charge in [-0.25, -0.2) is 0 Å². The lowest BCUT2D eigenvalue weighted by atomic mass is 9.80. The van der Waals surface area contributed by atoms with Crippen LogP contribution < -0.4 is 20.3 Å². The highest BCUT2D eigenvalue weighted by Gasteiger charge is 2.40. The Morgan fingerprint density at radius 2 is 2.09 bits per heavy atom. The summed E-state index contributed by atoms with van der Waals surface area (Å²) >= 11 is 0. The lowest BCUT2D eigenvalue weighted by molar-refractivity contribution is -0.384. The number of carbonyl (C=O) groups is 2. The second kappa shape index (κ2) is 7.81. The molecular formula is C23H24N4O5. The van der Waals surface area contributed by atoms with Crippen LogP contribution in [-0.4, -0.2) is 35.4 Å². The molecule has 1 saturated heterocycles. The molecule has 166 valence electrons. The highest BCUT2D eigenvalue weighted by atomic mass is 16.6. The quantitative estimate of drug-likeness (QED) is 0.562. The van der Waals surface area contributed by atoms with Gasteiger partial charge in [-0.05, 0) is 62.4 Å². The fraction of sp³-hybridized carbons (Fsp3) is 0.391. The average Bonchev–Trinajstić information content (AvgIpc) is 2.79. The van der Waals surface area contributed by atoms with Crippen LogP contribution in [-0.2, 0) is 16.0 Å². The standard InChI is InChI=1S/C23H24N4O5/c1-13-22(28)25-18-12-15(5-8-21(18)32-13)24-23(29)17-11-14-10-16(27(30)31)6-7-19(14)26-9-3-2-4-20(17)26/h5-8,10,12-13,17,20H,2-4,9,11H2,1H3,(H,24,29)(H,25,28)/t13-,17-,20+/m0/s1. The Bertz CT molecular complexity index is 1120. The van der Waals surface area contributed by atoms with E-state index in [0.29, 0.717) is 23.5 Å². The number of anilines is 3. The number of fused-ring (bicyclic) bond motifs is 4. The summed E-state index contributed by atoms with van der Waals surface area (Å²) < 4.78 is 5.57. The van der Waals surface area contributed by atoms with Gasteiger partial charge in [0.1, 0.15) is 5.75 Å². The number of benzene rings is 2. The molecule has 9 heteroatoms. The van der Waals surface area contributed by atoms with Crippen LogP contribution in [0.2, 0.25) is 0 Å². The number of piperidine rings is 1. The topological polar surface area (TPSA) is 114 Å². The number of rotatable bonds is 3. The van der Waals surface area contributed by atoms with Crippen LogP contribution in [0.15, 0.2) is 36.4 Å². The number of nitro groups is 1. The van der Waals surface area contributed by atoms with Gasteiger partial charge in [-0.15, -0.1) is 0 Å². The minimum Gasteiger partial charge on any atom is -0.479 e. The number of hydrogen-bond acceptors (Lipinski definition) is 6. The molecule has 0 aromatic heterocycles. The first-order valence-corrected chi connectivity index (χ1v) is 10.9. The van der Waals surface area contributed by atoms with Gasteiger partial charge in [-0.2, -0.15) is 0 Å². The molecule has 9 nitrogen and oxygen atoms in total. The maximum atomic E-state index is 13.3. The van der Waals surface area contributed by atoms with Gasteiger partial charge >= 0.3 is 0 Å².